The molecule has 1 aliphatic heterocycles. The summed E-state index contributed by atoms with van der Waals surface area (Å²) >= 11 is 1.69. The van der Waals surface area contributed by atoms with Gasteiger partial charge < -0.3 is 10.2 Å². The van der Waals surface area contributed by atoms with E-state index in [-0.39, 0.29) is 23.8 Å². The second-order valence-electron chi connectivity index (χ2n) is 9.12. The van der Waals surface area contributed by atoms with E-state index in [1.54, 1.807) is 11.3 Å². The molecular weight excluding hydrogens is 380 g/mol. The molecule has 1 aliphatic carbocycles. The molecule has 1 aromatic carbocycles. The maximum absolute atomic E-state index is 13.2. The highest BCUT2D eigenvalue weighted by molar-refractivity contribution is 7.08. The van der Waals surface area contributed by atoms with E-state index in [0.29, 0.717) is 25.4 Å². The van der Waals surface area contributed by atoms with Crippen molar-refractivity contribution in [2.24, 2.45) is 17.3 Å². The molecule has 1 saturated carbocycles. The predicted molar refractivity (Wildman–Crippen MR) is 118 cm³/mol. The van der Waals surface area contributed by atoms with E-state index >= 15 is 0 Å². The average molecular weight is 411 g/mol. The van der Waals surface area contributed by atoms with Crippen LogP contribution in [0.1, 0.15) is 39.2 Å². The molecule has 0 unspecified atom stereocenters. The molecule has 2 amide bonds. The zero-order chi connectivity index (χ0) is 20.6. The molecule has 5 heteroatoms. The van der Waals surface area contributed by atoms with Gasteiger partial charge in [-0.15, -0.1) is 0 Å². The lowest BCUT2D eigenvalue weighted by molar-refractivity contribution is -0.134. The molecule has 2 aliphatic rings. The van der Waals surface area contributed by atoms with Crippen LogP contribution in [0.25, 0.3) is 11.1 Å². The summed E-state index contributed by atoms with van der Waals surface area (Å²) in [5, 5.41) is 7.34. The van der Waals surface area contributed by atoms with Crippen LogP contribution in [0.2, 0.25) is 0 Å². The summed E-state index contributed by atoms with van der Waals surface area (Å²) in [4.78, 5) is 27.9. The van der Waals surface area contributed by atoms with Gasteiger partial charge in [-0.3, -0.25) is 9.59 Å². The fourth-order valence-electron chi connectivity index (χ4n) is 4.42. The largest absolute Gasteiger partial charge is 0.353 e. The molecule has 0 spiro atoms. The topological polar surface area (TPSA) is 49.4 Å². The number of hydrogen-bond acceptors (Lipinski definition) is 3. The van der Waals surface area contributed by atoms with Crippen LogP contribution in [0.15, 0.2) is 41.1 Å². The van der Waals surface area contributed by atoms with Gasteiger partial charge in [0.25, 0.3) is 0 Å². The van der Waals surface area contributed by atoms with E-state index in [2.05, 4.69) is 53.3 Å². The molecule has 29 heavy (non-hydrogen) atoms. The van der Waals surface area contributed by atoms with Crippen LogP contribution in [-0.2, 0) is 16.0 Å². The number of hydrogen-bond donors (Lipinski definition) is 1. The van der Waals surface area contributed by atoms with Crippen molar-refractivity contribution >= 4 is 23.2 Å². The number of thiophene rings is 1. The average Bonchev–Trinajstić information content (AvgIpc) is 3.10. The van der Waals surface area contributed by atoms with Crippen molar-refractivity contribution in [2.45, 2.75) is 46.1 Å². The summed E-state index contributed by atoms with van der Waals surface area (Å²) in [6.45, 7) is 7.32. The first-order valence-electron chi connectivity index (χ1n) is 10.6. The van der Waals surface area contributed by atoms with Gasteiger partial charge >= 0.3 is 0 Å². The SMILES string of the molecule is CC(C)NC(=O)[C@]1(Cc2ccc(-c3ccsc3)cc2)CCN(C(=O)[C@H]2C[C@@H]2C)C1. The van der Waals surface area contributed by atoms with Gasteiger partial charge in [0.2, 0.25) is 11.8 Å². The summed E-state index contributed by atoms with van der Waals surface area (Å²) in [5.74, 6) is 0.980. The Morgan fingerprint density at radius 3 is 2.52 bits per heavy atom. The van der Waals surface area contributed by atoms with Crippen molar-refractivity contribution in [3.05, 3.63) is 46.7 Å². The number of benzene rings is 1. The van der Waals surface area contributed by atoms with Crippen LogP contribution in [0.4, 0.5) is 0 Å². The van der Waals surface area contributed by atoms with Crippen LogP contribution >= 0.6 is 11.3 Å². The first kappa shape index (κ1) is 20.1. The van der Waals surface area contributed by atoms with Crippen molar-refractivity contribution in [1.82, 2.24) is 10.2 Å². The fourth-order valence-corrected chi connectivity index (χ4v) is 5.09. The molecule has 2 fully saturated rings. The van der Waals surface area contributed by atoms with E-state index in [9.17, 15) is 9.59 Å². The Labute approximate surface area is 177 Å². The quantitative estimate of drug-likeness (QED) is 0.769. The second kappa shape index (κ2) is 7.94. The Kier molecular flexibility index (Phi) is 5.52. The zero-order valence-corrected chi connectivity index (χ0v) is 18.3. The molecular formula is C24H30N2O2S. The number of rotatable bonds is 6. The van der Waals surface area contributed by atoms with Gasteiger partial charge in [-0.25, -0.2) is 0 Å². The normalized spacial score (nSPS) is 26.0. The number of likely N-dealkylation sites (tertiary alicyclic amines) is 1. The molecule has 1 aromatic heterocycles. The molecule has 4 rings (SSSR count). The summed E-state index contributed by atoms with van der Waals surface area (Å²) in [6, 6.07) is 10.7. The number of carbonyl (C=O) groups excluding carboxylic acids is 2. The van der Waals surface area contributed by atoms with Gasteiger partial charge in [0.05, 0.1) is 5.41 Å². The summed E-state index contributed by atoms with van der Waals surface area (Å²) < 4.78 is 0. The predicted octanol–water partition coefficient (Wildman–Crippen LogP) is 4.36. The molecule has 0 radical (unpaired) electrons. The molecule has 0 bridgehead atoms. The highest BCUT2D eigenvalue weighted by atomic mass is 32.1. The van der Waals surface area contributed by atoms with Gasteiger partial charge in [0.1, 0.15) is 0 Å². The Bertz CT molecular complexity index is 875. The number of carbonyl (C=O) groups is 2. The smallest absolute Gasteiger partial charge is 0.228 e. The van der Waals surface area contributed by atoms with Gasteiger partial charge in [0.15, 0.2) is 0 Å². The van der Waals surface area contributed by atoms with Crippen LogP contribution in [0, 0.1) is 17.3 Å². The van der Waals surface area contributed by atoms with Crippen molar-refractivity contribution in [3.8, 4) is 11.1 Å². The summed E-state index contributed by atoms with van der Waals surface area (Å²) in [5.41, 5.74) is 3.03. The molecule has 3 atom stereocenters. The standard InChI is InChI=1S/C24H30N2O2S/c1-16(2)25-23(28)24(9-10-26(15-24)22(27)21-12-17(21)3)13-18-4-6-19(7-5-18)20-8-11-29-14-20/h4-8,11,14,16-17,21H,9-10,12-13,15H2,1-3H3,(H,25,28)/t17-,21-,24-/m0/s1. The van der Waals surface area contributed by atoms with Crippen molar-refractivity contribution in [1.29, 1.82) is 0 Å². The second-order valence-corrected chi connectivity index (χ2v) is 9.90. The minimum absolute atomic E-state index is 0.0774. The molecule has 2 heterocycles. The molecule has 1 saturated heterocycles. The van der Waals surface area contributed by atoms with Crippen LogP contribution in [0.5, 0.6) is 0 Å². The lowest BCUT2D eigenvalue weighted by Crippen LogP contribution is -2.47. The van der Waals surface area contributed by atoms with Crippen molar-refractivity contribution in [2.75, 3.05) is 13.1 Å². The highest BCUT2D eigenvalue weighted by Crippen LogP contribution is 2.42. The monoisotopic (exact) mass is 410 g/mol. The summed E-state index contributed by atoms with van der Waals surface area (Å²) in [7, 11) is 0. The third-order valence-electron chi connectivity index (χ3n) is 6.34. The van der Waals surface area contributed by atoms with Crippen molar-refractivity contribution in [3.63, 3.8) is 0 Å². The lowest BCUT2D eigenvalue weighted by Gasteiger charge is -2.29. The minimum atomic E-state index is -0.540. The zero-order valence-electron chi connectivity index (χ0n) is 17.5. The van der Waals surface area contributed by atoms with Crippen LogP contribution < -0.4 is 5.32 Å². The Hall–Kier alpha value is -2.14. The Morgan fingerprint density at radius 2 is 1.93 bits per heavy atom. The Balaban J connectivity index is 1.53. The lowest BCUT2D eigenvalue weighted by atomic mass is 9.79. The van der Waals surface area contributed by atoms with Gasteiger partial charge in [-0.2, -0.15) is 11.3 Å². The number of amides is 2. The fraction of sp³-hybridized carbons (Fsp3) is 0.500. The third-order valence-corrected chi connectivity index (χ3v) is 7.03. The number of nitrogens with zero attached hydrogens (tertiary/aromatic N) is 1. The number of nitrogens with one attached hydrogen (secondary N) is 1. The Morgan fingerprint density at radius 1 is 1.21 bits per heavy atom. The highest BCUT2D eigenvalue weighted by Gasteiger charge is 2.49. The molecule has 1 N–H and O–H groups in total. The minimum Gasteiger partial charge on any atom is -0.353 e. The van der Waals surface area contributed by atoms with E-state index in [4.69, 9.17) is 0 Å². The molecule has 4 nitrogen and oxygen atoms in total. The first-order chi connectivity index (χ1) is 13.9. The van der Waals surface area contributed by atoms with E-state index < -0.39 is 5.41 Å². The van der Waals surface area contributed by atoms with Gasteiger partial charge in [0, 0.05) is 25.0 Å². The maximum atomic E-state index is 13.2. The van der Waals surface area contributed by atoms with E-state index in [0.717, 1.165) is 18.4 Å². The first-order valence-corrected chi connectivity index (χ1v) is 11.5. The van der Waals surface area contributed by atoms with Gasteiger partial charge in [-0.05, 0) is 72.5 Å². The van der Waals surface area contributed by atoms with Gasteiger partial charge in [-0.1, -0.05) is 31.2 Å². The summed E-state index contributed by atoms with van der Waals surface area (Å²) in [6.07, 6.45) is 2.38. The third kappa shape index (κ3) is 4.25. The van der Waals surface area contributed by atoms with Crippen LogP contribution in [-0.4, -0.2) is 35.8 Å². The maximum Gasteiger partial charge on any atom is 0.228 e. The van der Waals surface area contributed by atoms with E-state index in [1.165, 1.54) is 11.1 Å². The van der Waals surface area contributed by atoms with Crippen molar-refractivity contribution < 1.29 is 9.59 Å². The van der Waals surface area contributed by atoms with Crippen LogP contribution in [0.3, 0.4) is 0 Å². The van der Waals surface area contributed by atoms with E-state index in [1.807, 2.05) is 18.7 Å². The molecule has 154 valence electrons. The molecule has 2 aromatic rings.